The number of benzene rings is 2. The van der Waals surface area contributed by atoms with Gasteiger partial charge in [-0.3, -0.25) is 0 Å². The van der Waals surface area contributed by atoms with E-state index in [0.717, 1.165) is 23.9 Å². The van der Waals surface area contributed by atoms with Gasteiger partial charge in [0.25, 0.3) is 0 Å². The van der Waals surface area contributed by atoms with Crippen molar-refractivity contribution >= 4 is 17.0 Å². The minimum Gasteiger partial charge on any atom is -0.478 e. The second-order valence-corrected chi connectivity index (χ2v) is 4.91. The fourth-order valence-electron chi connectivity index (χ4n) is 2.34. The van der Waals surface area contributed by atoms with Crippen LogP contribution in [0, 0.1) is 0 Å². The Morgan fingerprint density at radius 3 is 2.71 bits per heavy atom. The molecule has 0 spiro atoms. The number of aromatic carboxylic acids is 1. The number of hydrogen-bond donors (Lipinski definition) is 1. The first kappa shape index (κ1) is 13.3. The molecule has 0 atom stereocenters. The van der Waals surface area contributed by atoms with Gasteiger partial charge in [-0.05, 0) is 36.6 Å². The first-order valence-corrected chi connectivity index (χ1v) is 6.84. The molecule has 0 saturated heterocycles. The van der Waals surface area contributed by atoms with E-state index < -0.39 is 5.97 Å². The highest BCUT2D eigenvalue weighted by atomic mass is 16.4. The lowest BCUT2D eigenvalue weighted by molar-refractivity contribution is 0.0697. The number of aryl methyl sites for hydroxylation is 2. The van der Waals surface area contributed by atoms with Gasteiger partial charge in [-0.15, -0.1) is 5.10 Å². The van der Waals surface area contributed by atoms with Crippen molar-refractivity contribution in [2.24, 2.45) is 0 Å². The third-order valence-electron chi connectivity index (χ3n) is 3.44. The average Bonchev–Trinajstić information content (AvgIpc) is 2.91. The van der Waals surface area contributed by atoms with Crippen molar-refractivity contribution in [1.29, 1.82) is 0 Å². The van der Waals surface area contributed by atoms with E-state index in [1.807, 2.05) is 18.2 Å². The van der Waals surface area contributed by atoms with Gasteiger partial charge in [-0.2, -0.15) is 0 Å². The third kappa shape index (κ3) is 2.91. The Kier molecular flexibility index (Phi) is 3.64. The summed E-state index contributed by atoms with van der Waals surface area (Å²) >= 11 is 0. The predicted octanol–water partition coefficient (Wildman–Crippen LogP) is 2.76. The molecule has 21 heavy (non-hydrogen) atoms. The van der Waals surface area contributed by atoms with Crippen molar-refractivity contribution in [2.45, 2.75) is 19.4 Å². The molecular weight excluding hydrogens is 266 g/mol. The van der Waals surface area contributed by atoms with Crippen molar-refractivity contribution in [3.63, 3.8) is 0 Å². The summed E-state index contributed by atoms with van der Waals surface area (Å²) < 4.78 is 1.77. The number of aromatic nitrogens is 3. The molecule has 1 N–H and O–H groups in total. The van der Waals surface area contributed by atoms with Gasteiger partial charge in [0.15, 0.2) is 0 Å². The molecule has 0 amide bonds. The van der Waals surface area contributed by atoms with Crippen LogP contribution in [-0.2, 0) is 13.0 Å². The van der Waals surface area contributed by atoms with Gasteiger partial charge >= 0.3 is 5.97 Å². The van der Waals surface area contributed by atoms with E-state index in [9.17, 15) is 4.79 Å². The molecule has 0 fully saturated rings. The Labute approximate surface area is 121 Å². The Morgan fingerprint density at radius 1 is 1.14 bits per heavy atom. The maximum atomic E-state index is 11.0. The van der Waals surface area contributed by atoms with Crippen LogP contribution < -0.4 is 0 Å². The zero-order valence-electron chi connectivity index (χ0n) is 11.4. The monoisotopic (exact) mass is 281 g/mol. The van der Waals surface area contributed by atoms with Crippen molar-refractivity contribution < 1.29 is 9.90 Å². The molecule has 0 unspecified atom stereocenters. The van der Waals surface area contributed by atoms with Crippen molar-refractivity contribution in [1.82, 2.24) is 15.0 Å². The number of fused-ring (bicyclic) bond motifs is 1. The van der Waals surface area contributed by atoms with Crippen LogP contribution in [0.15, 0.2) is 48.5 Å². The number of rotatable bonds is 5. The van der Waals surface area contributed by atoms with E-state index in [-0.39, 0.29) is 5.56 Å². The zero-order chi connectivity index (χ0) is 14.7. The Hall–Kier alpha value is -2.69. The summed E-state index contributed by atoms with van der Waals surface area (Å²) in [7, 11) is 0. The summed E-state index contributed by atoms with van der Waals surface area (Å²) in [6, 6.07) is 15.1. The average molecular weight is 281 g/mol. The van der Waals surface area contributed by atoms with Crippen LogP contribution in [0.3, 0.4) is 0 Å². The lowest BCUT2D eigenvalue weighted by Gasteiger charge is -2.03. The van der Waals surface area contributed by atoms with Crippen LogP contribution in [0.2, 0.25) is 0 Å². The van der Waals surface area contributed by atoms with Crippen LogP contribution in [0.25, 0.3) is 11.0 Å². The smallest absolute Gasteiger partial charge is 0.335 e. The summed E-state index contributed by atoms with van der Waals surface area (Å²) in [5.41, 5.74) is 3.03. The van der Waals surface area contributed by atoms with Gasteiger partial charge in [-0.25, -0.2) is 9.48 Å². The molecule has 1 aromatic heterocycles. The Morgan fingerprint density at radius 2 is 1.95 bits per heavy atom. The third-order valence-corrected chi connectivity index (χ3v) is 3.44. The van der Waals surface area contributed by atoms with E-state index in [1.165, 1.54) is 5.56 Å². The van der Waals surface area contributed by atoms with Gasteiger partial charge < -0.3 is 5.11 Å². The molecule has 5 nitrogen and oxygen atoms in total. The van der Waals surface area contributed by atoms with Crippen LogP contribution in [0.5, 0.6) is 0 Å². The van der Waals surface area contributed by atoms with E-state index in [4.69, 9.17) is 5.11 Å². The highest BCUT2D eigenvalue weighted by Gasteiger charge is 2.09. The molecule has 0 aliphatic rings. The summed E-state index contributed by atoms with van der Waals surface area (Å²) in [5, 5.41) is 17.2. The van der Waals surface area contributed by atoms with Gasteiger partial charge in [0.05, 0.1) is 11.1 Å². The molecular formula is C16H15N3O2. The fourth-order valence-corrected chi connectivity index (χ4v) is 2.34. The molecule has 1 heterocycles. The second kappa shape index (κ2) is 5.75. The molecule has 0 aliphatic carbocycles. The van der Waals surface area contributed by atoms with E-state index >= 15 is 0 Å². The SMILES string of the molecule is O=C(O)c1ccc2nnn(CCCc3ccccc3)c2c1. The minimum absolute atomic E-state index is 0.258. The van der Waals surface area contributed by atoms with Crippen molar-refractivity contribution in [3.05, 3.63) is 59.7 Å². The maximum Gasteiger partial charge on any atom is 0.335 e. The number of hydrogen-bond acceptors (Lipinski definition) is 3. The molecule has 3 aromatic rings. The largest absolute Gasteiger partial charge is 0.478 e. The normalized spacial score (nSPS) is 10.9. The maximum absolute atomic E-state index is 11.0. The van der Waals surface area contributed by atoms with Gasteiger partial charge in [-0.1, -0.05) is 35.5 Å². The lowest BCUT2D eigenvalue weighted by Crippen LogP contribution is -2.03. The van der Waals surface area contributed by atoms with Crippen molar-refractivity contribution in [2.75, 3.05) is 0 Å². The zero-order valence-corrected chi connectivity index (χ0v) is 11.4. The van der Waals surface area contributed by atoms with Gasteiger partial charge in [0.1, 0.15) is 5.52 Å². The standard InChI is InChI=1S/C16H15N3O2/c20-16(21)13-8-9-14-15(11-13)19(18-17-14)10-4-7-12-5-2-1-3-6-12/h1-3,5-6,8-9,11H,4,7,10H2,(H,20,21). The van der Waals surface area contributed by atoms with Crippen LogP contribution in [0.4, 0.5) is 0 Å². The minimum atomic E-state index is -0.936. The molecule has 3 rings (SSSR count). The van der Waals surface area contributed by atoms with E-state index in [2.05, 4.69) is 22.4 Å². The van der Waals surface area contributed by atoms with Crippen LogP contribution >= 0.6 is 0 Å². The Bertz CT molecular complexity index is 766. The molecule has 5 heteroatoms. The van der Waals surface area contributed by atoms with E-state index in [1.54, 1.807) is 22.9 Å². The van der Waals surface area contributed by atoms with Gasteiger partial charge in [0, 0.05) is 6.54 Å². The lowest BCUT2D eigenvalue weighted by atomic mass is 10.1. The number of carbonyl (C=O) groups is 1. The summed E-state index contributed by atoms with van der Waals surface area (Å²) in [6.45, 7) is 0.717. The highest BCUT2D eigenvalue weighted by molar-refractivity contribution is 5.92. The summed E-state index contributed by atoms with van der Waals surface area (Å²) in [5.74, 6) is -0.936. The van der Waals surface area contributed by atoms with Crippen molar-refractivity contribution in [3.8, 4) is 0 Å². The number of carboxylic acid groups (broad SMARTS) is 1. The quantitative estimate of drug-likeness (QED) is 0.780. The molecule has 0 radical (unpaired) electrons. The number of carboxylic acids is 1. The van der Waals surface area contributed by atoms with E-state index in [0.29, 0.717) is 6.54 Å². The first-order chi connectivity index (χ1) is 10.2. The van der Waals surface area contributed by atoms with Crippen LogP contribution in [0.1, 0.15) is 22.3 Å². The molecule has 106 valence electrons. The molecule has 0 bridgehead atoms. The summed E-state index contributed by atoms with van der Waals surface area (Å²) in [6.07, 6.45) is 1.89. The Balaban J connectivity index is 1.74. The fraction of sp³-hybridized carbons (Fsp3) is 0.188. The van der Waals surface area contributed by atoms with Gasteiger partial charge in [0.2, 0.25) is 0 Å². The topological polar surface area (TPSA) is 68.0 Å². The first-order valence-electron chi connectivity index (χ1n) is 6.84. The van der Waals surface area contributed by atoms with Crippen LogP contribution in [-0.4, -0.2) is 26.1 Å². The molecule has 0 aliphatic heterocycles. The highest BCUT2D eigenvalue weighted by Crippen LogP contribution is 2.14. The molecule has 2 aromatic carbocycles. The molecule has 0 saturated carbocycles. The summed E-state index contributed by atoms with van der Waals surface area (Å²) in [4.78, 5) is 11.0. The number of nitrogens with zero attached hydrogens (tertiary/aromatic N) is 3. The second-order valence-electron chi connectivity index (χ2n) is 4.91. The predicted molar refractivity (Wildman–Crippen MR) is 79.3 cm³/mol.